The summed E-state index contributed by atoms with van der Waals surface area (Å²) in [6.45, 7) is 2.71. The Bertz CT molecular complexity index is 652. The predicted octanol–water partition coefficient (Wildman–Crippen LogP) is 4.37. The molecule has 21 heavy (non-hydrogen) atoms. The van der Waals surface area contributed by atoms with Gasteiger partial charge in [0.1, 0.15) is 0 Å². The lowest BCUT2D eigenvalue weighted by molar-refractivity contribution is 0.718. The van der Waals surface area contributed by atoms with Crippen molar-refractivity contribution in [1.82, 2.24) is 0 Å². The van der Waals surface area contributed by atoms with Gasteiger partial charge in [-0.1, -0.05) is 17.7 Å². The Labute approximate surface area is 134 Å². The number of hydrogen-bond donors (Lipinski definition) is 1. The Morgan fingerprint density at radius 2 is 2.29 bits per heavy atom. The fourth-order valence-electron chi connectivity index (χ4n) is 2.69. The van der Waals surface area contributed by atoms with E-state index in [1.165, 1.54) is 10.6 Å². The average molecular weight is 320 g/mol. The molecule has 3 rings (SSSR count). The summed E-state index contributed by atoms with van der Waals surface area (Å²) in [4.78, 5) is 1.33. The first-order chi connectivity index (χ1) is 10.2. The third-order valence-electron chi connectivity index (χ3n) is 3.68. The topological polar surface area (TPSA) is 41.6 Å². The van der Waals surface area contributed by atoms with Gasteiger partial charge in [-0.05, 0) is 55.1 Å². The highest BCUT2D eigenvalue weighted by Gasteiger charge is 2.30. The van der Waals surface area contributed by atoms with Crippen molar-refractivity contribution in [1.29, 1.82) is 0 Å². The third-order valence-corrected chi connectivity index (χ3v) is 4.89. The summed E-state index contributed by atoms with van der Waals surface area (Å²) in [5.74, 6) is 0. The highest BCUT2D eigenvalue weighted by atomic mass is 35.5. The molecule has 1 unspecified atom stereocenters. The normalized spacial score (nSPS) is 18.1. The summed E-state index contributed by atoms with van der Waals surface area (Å²) in [5.41, 5.74) is 9.12. The molecule has 2 heterocycles. The summed E-state index contributed by atoms with van der Waals surface area (Å²) in [6, 6.07) is 10.5. The van der Waals surface area contributed by atoms with Gasteiger partial charge >= 0.3 is 0 Å². The van der Waals surface area contributed by atoms with Gasteiger partial charge in [0.2, 0.25) is 0 Å². The third kappa shape index (κ3) is 2.98. The monoisotopic (exact) mass is 319 g/mol. The van der Waals surface area contributed by atoms with Crippen LogP contribution in [0.3, 0.4) is 0 Å². The molecule has 0 spiro atoms. The van der Waals surface area contributed by atoms with E-state index in [0.29, 0.717) is 6.54 Å². The van der Waals surface area contributed by atoms with Crippen LogP contribution in [0.25, 0.3) is 0 Å². The molecule has 0 aliphatic carbocycles. The molecule has 1 aliphatic rings. The first kappa shape index (κ1) is 14.6. The van der Waals surface area contributed by atoms with Crippen LogP contribution >= 0.6 is 22.9 Å². The second-order valence-corrected chi connectivity index (χ2v) is 6.63. The van der Waals surface area contributed by atoms with Crippen LogP contribution in [0.4, 0.5) is 5.69 Å². The van der Waals surface area contributed by atoms with E-state index in [9.17, 15) is 0 Å². The molecule has 0 amide bonds. The average Bonchev–Trinajstić information content (AvgIpc) is 3.08. The van der Waals surface area contributed by atoms with Gasteiger partial charge in [-0.15, -0.1) is 11.3 Å². The summed E-state index contributed by atoms with van der Waals surface area (Å²) in [6.07, 6.45) is 1.80. The van der Waals surface area contributed by atoms with E-state index in [4.69, 9.17) is 22.4 Å². The van der Waals surface area contributed by atoms with Crippen molar-refractivity contribution in [3.63, 3.8) is 0 Å². The van der Waals surface area contributed by atoms with Crippen LogP contribution < -0.4 is 10.7 Å². The Morgan fingerprint density at radius 3 is 2.95 bits per heavy atom. The van der Waals surface area contributed by atoms with E-state index in [-0.39, 0.29) is 6.04 Å². The van der Waals surface area contributed by atoms with Crippen molar-refractivity contribution in [2.75, 3.05) is 11.6 Å². The molecule has 5 heteroatoms. The minimum absolute atomic E-state index is 0.270. The number of hydrazone groups is 1. The maximum absolute atomic E-state index is 6.07. The minimum Gasteiger partial charge on any atom is -0.330 e. The molecule has 3 nitrogen and oxygen atoms in total. The standard InChI is InChI=1S/C16H18ClN3S/c1-11-9-12(17)4-5-14(11)20-15(16-3-2-8-21-16)10-13(19-20)6-7-18/h2-5,8-9,15H,6-7,10,18H2,1H3. The number of halogens is 1. The van der Waals surface area contributed by atoms with Crippen LogP contribution in [-0.2, 0) is 0 Å². The quantitative estimate of drug-likeness (QED) is 0.909. The molecular weight excluding hydrogens is 302 g/mol. The Kier molecular flexibility index (Phi) is 4.29. The van der Waals surface area contributed by atoms with Crippen molar-refractivity contribution in [3.8, 4) is 0 Å². The van der Waals surface area contributed by atoms with Crippen molar-refractivity contribution < 1.29 is 0 Å². The van der Waals surface area contributed by atoms with Crippen molar-refractivity contribution in [3.05, 3.63) is 51.2 Å². The largest absolute Gasteiger partial charge is 0.330 e. The predicted molar refractivity (Wildman–Crippen MR) is 91.5 cm³/mol. The maximum Gasteiger partial charge on any atom is 0.0920 e. The molecule has 1 aliphatic heterocycles. The van der Waals surface area contributed by atoms with E-state index in [1.54, 1.807) is 11.3 Å². The smallest absolute Gasteiger partial charge is 0.0920 e. The van der Waals surface area contributed by atoms with Crippen molar-refractivity contribution in [2.45, 2.75) is 25.8 Å². The van der Waals surface area contributed by atoms with Gasteiger partial charge in [-0.3, -0.25) is 5.01 Å². The van der Waals surface area contributed by atoms with Crippen LogP contribution in [0.1, 0.15) is 29.3 Å². The van der Waals surface area contributed by atoms with Gasteiger partial charge in [0.05, 0.1) is 11.7 Å². The molecular formula is C16H18ClN3S. The zero-order valence-corrected chi connectivity index (χ0v) is 13.5. The van der Waals surface area contributed by atoms with Crippen LogP contribution in [0.5, 0.6) is 0 Å². The molecule has 0 bridgehead atoms. The van der Waals surface area contributed by atoms with Gasteiger partial charge < -0.3 is 5.73 Å². The zero-order chi connectivity index (χ0) is 14.8. The Morgan fingerprint density at radius 1 is 1.43 bits per heavy atom. The Balaban J connectivity index is 1.98. The molecule has 2 aromatic rings. The second kappa shape index (κ2) is 6.18. The van der Waals surface area contributed by atoms with Gasteiger partial charge in [-0.25, -0.2) is 0 Å². The summed E-state index contributed by atoms with van der Waals surface area (Å²) in [7, 11) is 0. The molecule has 1 aromatic heterocycles. The number of nitrogens with two attached hydrogens (primary N) is 1. The van der Waals surface area contributed by atoms with E-state index < -0.39 is 0 Å². The molecule has 1 atom stereocenters. The van der Waals surface area contributed by atoms with Crippen molar-refractivity contribution >= 4 is 34.3 Å². The number of aryl methyl sites for hydroxylation is 1. The van der Waals surface area contributed by atoms with Crippen LogP contribution in [0, 0.1) is 6.92 Å². The molecule has 2 N–H and O–H groups in total. The lowest BCUT2D eigenvalue weighted by Gasteiger charge is -2.24. The number of nitrogens with zero attached hydrogens (tertiary/aromatic N) is 2. The van der Waals surface area contributed by atoms with E-state index in [2.05, 4.69) is 29.4 Å². The first-order valence-corrected chi connectivity index (χ1v) is 8.30. The van der Waals surface area contributed by atoms with Gasteiger partial charge in [0.15, 0.2) is 0 Å². The zero-order valence-electron chi connectivity index (χ0n) is 11.9. The van der Waals surface area contributed by atoms with E-state index >= 15 is 0 Å². The fourth-order valence-corrected chi connectivity index (χ4v) is 3.73. The summed E-state index contributed by atoms with van der Waals surface area (Å²) in [5, 5.41) is 9.81. The highest BCUT2D eigenvalue weighted by molar-refractivity contribution is 7.10. The number of anilines is 1. The fraction of sp³-hybridized carbons (Fsp3) is 0.312. The minimum atomic E-state index is 0.270. The van der Waals surface area contributed by atoms with Gasteiger partial charge in [0.25, 0.3) is 0 Å². The SMILES string of the molecule is Cc1cc(Cl)ccc1N1N=C(CCN)CC1c1cccs1. The Hall–Kier alpha value is -1.36. The molecule has 0 saturated carbocycles. The number of rotatable bonds is 4. The number of thiophene rings is 1. The van der Waals surface area contributed by atoms with Crippen LogP contribution in [0.15, 0.2) is 40.8 Å². The van der Waals surface area contributed by atoms with Gasteiger partial charge in [0, 0.05) is 22.0 Å². The summed E-state index contributed by atoms with van der Waals surface area (Å²) < 4.78 is 0. The second-order valence-electron chi connectivity index (χ2n) is 5.22. The highest BCUT2D eigenvalue weighted by Crippen LogP contribution is 2.39. The maximum atomic E-state index is 6.07. The molecule has 0 saturated heterocycles. The molecule has 110 valence electrons. The molecule has 1 aromatic carbocycles. The van der Waals surface area contributed by atoms with Crippen LogP contribution in [0.2, 0.25) is 5.02 Å². The van der Waals surface area contributed by atoms with Crippen molar-refractivity contribution in [2.24, 2.45) is 10.8 Å². The number of hydrogen-bond acceptors (Lipinski definition) is 4. The molecule has 0 fully saturated rings. The summed E-state index contributed by atoms with van der Waals surface area (Å²) >= 11 is 7.84. The lowest BCUT2D eigenvalue weighted by atomic mass is 10.1. The first-order valence-electron chi connectivity index (χ1n) is 7.04. The van der Waals surface area contributed by atoms with Gasteiger partial charge in [-0.2, -0.15) is 5.10 Å². The lowest BCUT2D eigenvalue weighted by Crippen LogP contribution is -2.18. The van der Waals surface area contributed by atoms with E-state index in [1.807, 2.05) is 18.2 Å². The van der Waals surface area contributed by atoms with Crippen LogP contribution in [-0.4, -0.2) is 12.3 Å². The number of benzene rings is 1. The van der Waals surface area contributed by atoms with E-state index in [0.717, 1.165) is 29.1 Å². The molecule has 0 radical (unpaired) electrons.